The molecule has 2 rings (SSSR count). The molecule has 1 aromatic heterocycles. The van der Waals surface area contributed by atoms with Gasteiger partial charge < -0.3 is 11.1 Å². The Hall–Kier alpha value is -2.48. The number of nitrogens with two attached hydrogens (primary N) is 1. The monoisotopic (exact) mass is 255 g/mol. The molecule has 0 aliphatic carbocycles. The van der Waals surface area contributed by atoms with Crippen LogP contribution in [0.5, 0.6) is 0 Å². The number of hydrogen-bond acceptors (Lipinski definition) is 4. The van der Waals surface area contributed by atoms with E-state index in [1.165, 1.54) is 0 Å². The quantitative estimate of drug-likeness (QED) is 0.800. The molecular weight excluding hydrogens is 238 g/mol. The molecule has 2 aromatic rings. The Morgan fingerprint density at radius 2 is 2.32 bits per heavy atom. The van der Waals surface area contributed by atoms with Gasteiger partial charge in [-0.25, -0.2) is 0 Å². The highest BCUT2D eigenvalue weighted by Gasteiger charge is 2.01. The Morgan fingerprint density at radius 3 is 3.00 bits per heavy atom. The number of rotatable bonds is 5. The Kier molecular flexibility index (Phi) is 4.04. The number of nitrogens with one attached hydrogen (secondary N) is 1. The van der Waals surface area contributed by atoms with Crippen molar-refractivity contribution in [3.05, 3.63) is 41.7 Å². The highest BCUT2D eigenvalue weighted by molar-refractivity contribution is 5.57. The van der Waals surface area contributed by atoms with Crippen LogP contribution in [0.4, 0.5) is 11.4 Å². The van der Waals surface area contributed by atoms with Crippen LogP contribution in [0.15, 0.2) is 30.6 Å². The summed E-state index contributed by atoms with van der Waals surface area (Å²) in [6.07, 6.45) is 4.18. The summed E-state index contributed by atoms with van der Waals surface area (Å²) in [6.45, 7) is 3.59. The van der Waals surface area contributed by atoms with Gasteiger partial charge in [0.25, 0.3) is 0 Å². The molecule has 0 aliphatic rings. The van der Waals surface area contributed by atoms with Crippen molar-refractivity contribution in [2.24, 2.45) is 0 Å². The number of benzene rings is 1. The van der Waals surface area contributed by atoms with E-state index in [0.29, 0.717) is 12.1 Å². The van der Waals surface area contributed by atoms with Gasteiger partial charge in [0.1, 0.15) is 0 Å². The largest absolute Gasteiger partial charge is 0.398 e. The van der Waals surface area contributed by atoms with Crippen molar-refractivity contribution in [3.63, 3.8) is 0 Å². The predicted molar refractivity (Wildman–Crippen MR) is 75.6 cm³/mol. The summed E-state index contributed by atoms with van der Waals surface area (Å²) in [6, 6.07) is 7.79. The van der Waals surface area contributed by atoms with Crippen LogP contribution >= 0.6 is 0 Å². The average molecular weight is 255 g/mol. The molecule has 98 valence electrons. The number of nitriles is 1. The van der Waals surface area contributed by atoms with E-state index in [-0.39, 0.29) is 0 Å². The molecule has 19 heavy (non-hydrogen) atoms. The van der Waals surface area contributed by atoms with Crippen LogP contribution in [0.3, 0.4) is 0 Å². The third-order valence-electron chi connectivity index (χ3n) is 2.84. The molecule has 0 saturated carbocycles. The first kappa shape index (κ1) is 13.0. The van der Waals surface area contributed by atoms with Gasteiger partial charge in [-0.3, -0.25) is 4.68 Å². The Balaban J connectivity index is 1.92. The van der Waals surface area contributed by atoms with Gasteiger partial charge in [0, 0.05) is 24.1 Å². The van der Waals surface area contributed by atoms with E-state index in [1.807, 2.05) is 42.2 Å². The van der Waals surface area contributed by atoms with E-state index < -0.39 is 0 Å². The number of anilines is 2. The topological polar surface area (TPSA) is 79.7 Å². The molecule has 1 heterocycles. The molecule has 0 spiro atoms. The van der Waals surface area contributed by atoms with Gasteiger partial charge in [-0.2, -0.15) is 10.4 Å². The number of aryl methyl sites for hydroxylation is 1. The molecular formula is C14H17N5. The summed E-state index contributed by atoms with van der Waals surface area (Å²) in [5, 5.41) is 16.2. The van der Waals surface area contributed by atoms with Crippen LogP contribution in [0.2, 0.25) is 0 Å². The fraction of sp³-hybridized carbons (Fsp3) is 0.286. The van der Waals surface area contributed by atoms with E-state index in [4.69, 9.17) is 11.0 Å². The second-order valence-corrected chi connectivity index (χ2v) is 4.46. The van der Waals surface area contributed by atoms with Crippen molar-refractivity contribution in [3.8, 4) is 6.07 Å². The van der Waals surface area contributed by atoms with Crippen LogP contribution in [-0.2, 0) is 13.0 Å². The minimum absolute atomic E-state index is 0.333. The lowest BCUT2D eigenvalue weighted by atomic mass is 10.1. The van der Waals surface area contributed by atoms with Crippen LogP contribution < -0.4 is 11.1 Å². The molecule has 1 aromatic carbocycles. The highest BCUT2D eigenvalue weighted by atomic mass is 15.3. The van der Waals surface area contributed by atoms with Crippen molar-refractivity contribution in [1.82, 2.24) is 9.78 Å². The number of nitrogen functional groups attached to an aromatic ring is 1. The predicted octanol–water partition coefficient (Wildman–Crippen LogP) is 1.95. The zero-order chi connectivity index (χ0) is 13.7. The van der Waals surface area contributed by atoms with Gasteiger partial charge in [0.05, 0.1) is 25.2 Å². The summed E-state index contributed by atoms with van der Waals surface area (Å²) in [5.74, 6) is 0. The van der Waals surface area contributed by atoms with Gasteiger partial charge >= 0.3 is 0 Å². The first-order valence-electron chi connectivity index (χ1n) is 6.17. The molecule has 0 radical (unpaired) electrons. The third-order valence-corrected chi connectivity index (χ3v) is 2.84. The Bertz CT molecular complexity index is 594. The van der Waals surface area contributed by atoms with Crippen molar-refractivity contribution in [2.45, 2.75) is 19.9 Å². The first-order chi connectivity index (χ1) is 9.19. The standard InChI is InChI=1S/C14H17N5/c1-11-9-18-19(10-11)7-6-17-13-2-3-14(16)12(8-13)4-5-15/h2-3,8-10,17H,4,6-7,16H2,1H3. The molecule has 5 nitrogen and oxygen atoms in total. The molecule has 0 atom stereocenters. The molecule has 0 fully saturated rings. The van der Waals surface area contributed by atoms with E-state index in [2.05, 4.69) is 16.5 Å². The summed E-state index contributed by atoms with van der Waals surface area (Å²) >= 11 is 0. The van der Waals surface area contributed by atoms with Gasteiger partial charge in [0.2, 0.25) is 0 Å². The van der Waals surface area contributed by atoms with Crippen LogP contribution in [0.25, 0.3) is 0 Å². The highest BCUT2D eigenvalue weighted by Crippen LogP contribution is 2.18. The summed E-state index contributed by atoms with van der Waals surface area (Å²) in [7, 11) is 0. The summed E-state index contributed by atoms with van der Waals surface area (Å²) in [4.78, 5) is 0. The Labute approximate surface area is 112 Å². The van der Waals surface area contributed by atoms with Crippen molar-refractivity contribution >= 4 is 11.4 Å². The lowest BCUT2D eigenvalue weighted by Gasteiger charge is -2.09. The van der Waals surface area contributed by atoms with Crippen LogP contribution in [0, 0.1) is 18.3 Å². The second-order valence-electron chi connectivity index (χ2n) is 4.46. The maximum atomic E-state index is 8.72. The van der Waals surface area contributed by atoms with E-state index in [9.17, 15) is 0 Å². The minimum Gasteiger partial charge on any atom is -0.398 e. The fourth-order valence-corrected chi connectivity index (χ4v) is 1.86. The van der Waals surface area contributed by atoms with Gasteiger partial charge in [0.15, 0.2) is 0 Å². The lowest BCUT2D eigenvalue weighted by Crippen LogP contribution is -2.11. The maximum absolute atomic E-state index is 8.72. The fourth-order valence-electron chi connectivity index (χ4n) is 1.86. The van der Waals surface area contributed by atoms with Crippen molar-refractivity contribution in [1.29, 1.82) is 5.26 Å². The molecule has 0 unspecified atom stereocenters. The molecule has 0 amide bonds. The molecule has 0 aliphatic heterocycles. The SMILES string of the molecule is Cc1cnn(CCNc2ccc(N)c(CC#N)c2)c1. The second kappa shape index (κ2) is 5.91. The normalized spacial score (nSPS) is 10.1. The maximum Gasteiger partial charge on any atom is 0.0670 e. The molecule has 0 bridgehead atoms. The number of nitrogens with zero attached hydrogens (tertiary/aromatic N) is 3. The average Bonchev–Trinajstić information content (AvgIpc) is 2.79. The van der Waals surface area contributed by atoms with Crippen LogP contribution in [-0.4, -0.2) is 16.3 Å². The van der Waals surface area contributed by atoms with Gasteiger partial charge in [-0.05, 0) is 36.2 Å². The zero-order valence-corrected chi connectivity index (χ0v) is 10.9. The van der Waals surface area contributed by atoms with Crippen LogP contribution in [0.1, 0.15) is 11.1 Å². The molecule has 0 saturated heterocycles. The minimum atomic E-state index is 0.333. The third kappa shape index (κ3) is 3.49. The number of aromatic nitrogens is 2. The van der Waals surface area contributed by atoms with Gasteiger partial charge in [-0.15, -0.1) is 0 Å². The van der Waals surface area contributed by atoms with Crippen molar-refractivity contribution in [2.75, 3.05) is 17.6 Å². The zero-order valence-electron chi connectivity index (χ0n) is 10.9. The molecule has 3 N–H and O–H groups in total. The Morgan fingerprint density at radius 1 is 1.47 bits per heavy atom. The van der Waals surface area contributed by atoms with Crippen molar-refractivity contribution < 1.29 is 0 Å². The molecule has 5 heteroatoms. The van der Waals surface area contributed by atoms with Gasteiger partial charge in [-0.1, -0.05) is 0 Å². The summed E-state index contributed by atoms with van der Waals surface area (Å²) in [5.41, 5.74) is 9.46. The van der Waals surface area contributed by atoms with E-state index in [1.54, 1.807) is 0 Å². The number of hydrogen-bond donors (Lipinski definition) is 2. The van der Waals surface area contributed by atoms with E-state index >= 15 is 0 Å². The summed E-state index contributed by atoms with van der Waals surface area (Å²) < 4.78 is 1.90. The van der Waals surface area contributed by atoms with E-state index in [0.717, 1.165) is 29.9 Å². The first-order valence-corrected chi connectivity index (χ1v) is 6.17. The smallest absolute Gasteiger partial charge is 0.0670 e. The lowest BCUT2D eigenvalue weighted by molar-refractivity contribution is 0.637.